The zero-order valence-electron chi connectivity index (χ0n) is 11.7. The Balaban J connectivity index is 2.05. The molecule has 2 aromatic rings. The van der Waals surface area contributed by atoms with Gasteiger partial charge in [0.2, 0.25) is 0 Å². The van der Waals surface area contributed by atoms with Crippen molar-refractivity contribution >= 4 is 11.3 Å². The van der Waals surface area contributed by atoms with E-state index in [1.807, 2.05) is 12.4 Å². The first-order valence-electron chi connectivity index (χ1n) is 6.70. The zero-order chi connectivity index (χ0) is 14.2. The number of pyridine rings is 1. The Morgan fingerprint density at radius 3 is 2.75 bits per heavy atom. The number of nitrogens with two attached hydrogens (primary N) is 1. The van der Waals surface area contributed by atoms with Crippen molar-refractivity contribution in [1.29, 1.82) is 0 Å². The molecule has 0 aliphatic carbocycles. The van der Waals surface area contributed by atoms with E-state index in [0.717, 1.165) is 25.2 Å². The first-order chi connectivity index (χ1) is 9.83. The van der Waals surface area contributed by atoms with Crippen LogP contribution in [-0.4, -0.2) is 23.0 Å². The number of hydrogen-bond donors (Lipinski definition) is 1. The summed E-state index contributed by atoms with van der Waals surface area (Å²) in [4.78, 5) is 7.76. The van der Waals surface area contributed by atoms with E-state index >= 15 is 0 Å². The van der Waals surface area contributed by atoms with E-state index in [4.69, 9.17) is 5.73 Å². The zero-order valence-corrected chi connectivity index (χ0v) is 12.5. The largest absolute Gasteiger partial charge is 0.320 e. The van der Waals surface area contributed by atoms with Crippen LogP contribution in [0.15, 0.2) is 36.0 Å². The summed E-state index contributed by atoms with van der Waals surface area (Å²) < 4.78 is 0. The van der Waals surface area contributed by atoms with Gasteiger partial charge in [-0.1, -0.05) is 18.8 Å². The smallest absolute Gasteiger partial charge is 0.0555 e. The molecular weight excluding hydrogens is 266 g/mol. The quantitative estimate of drug-likeness (QED) is 0.858. The van der Waals surface area contributed by atoms with Gasteiger partial charge in [-0.05, 0) is 35.7 Å². The van der Waals surface area contributed by atoms with Crippen molar-refractivity contribution in [3.8, 4) is 11.8 Å². The lowest BCUT2D eigenvalue weighted by molar-refractivity contribution is 0.273. The Kier molecular flexibility index (Phi) is 5.75. The van der Waals surface area contributed by atoms with E-state index in [9.17, 15) is 0 Å². The molecule has 0 saturated carbocycles. The van der Waals surface area contributed by atoms with Crippen molar-refractivity contribution < 1.29 is 0 Å². The Morgan fingerprint density at radius 1 is 1.25 bits per heavy atom. The molecule has 0 unspecified atom stereocenters. The lowest BCUT2D eigenvalue weighted by Gasteiger charge is -2.19. The molecule has 20 heavy (non-hydrogen) atoms. The van der Waals surface area contributed by atoms with Crippen LogP contribution in [-0.2, 0) is 13.1 Å². The third kappa shape index (κ3) is 4.17. The molecule has 0 aromatic carbocycles. The van der Waals surface area contributed by atoms with Crippen molar-refractivity contribution in [3.05, 3.63) is 52.0 Å². The topological polar surface area (TPSA) is 42.2 Å². The lowest BCUT2D eigenvalue weighted by Crippen LogP contribution is -2.22. The van der Waals surface area contributed by atoms with Crippen LogP contribution < -0.4 is 5.73 Å². The fourth-order valence-electron chi connectivity index (χ4n) is 1.95. The van der Waals surface area contributed by atoms with Gasteiger partial charge >= 0.3 is 0 Å². The first-order valence-corrected chi connectivity index (χ1v) is 7.58. The first kappa shape index (κ1) is 14.7. The third-order valence-corrected chi connectivity index (χ3v) is 3.95. The standard InChI is InChI=1S/C16H19N3S/c1-2-19(12-14-5-9-18-10-6-14)13-16-15(4-3-8-17)7-11-20-16/h5-7,9-11H,2,8,12-13,17H2,1H3. The highest BCUT2D eigenvalue weighted by Gasteiger charge is 2.09. The van der Waals surface area contributed by atoms with Crippen molar-refractivity contribution in [3.63, 3.8) is 0 Å². The van der Waals surface area contributed by atoms with Crippen LogP contribution in [0, 0.1) is 11.8 Å². The van der Waals surface area contributed by atoms with Gasteiger partial charge in [-0.2, -0.15) is 0 Å². The maximum atomic E-state index is 5.44. The second kappa shape index (κ2) is 7.81. The highest BCUT2D eigenvalue weighted by molar-refractivity contribution is 7.10. The van der Waals surface area contributed by atoms with Gasteiger partial charge in [0.25, 0.3) is 0 Å². The number of hydrogen-bond acceptors (Lipinski definition) is 4. The van der Waals surface area contributed by atoms with Gasteiger partial charge in [-0.3, -0.25) is 9.88 Å². The SMILES string of the molecule is CCN(Cc1ccncc1)Cc1sccc1C#CCN. The minimum Gasteiger partial charge on any atom is -0.320 e. The molecule has 0 fully saturated rings. The Hall–Kier alpha value is -1.67. The Morgan fingerprint density at radius 2 is 2.05 bits per heavy atom. The van der Waals surface area contributed by atoms with Gasteiger partial charge in [-0.15, -0.1) is 11.3 Å². The fraction of sp³-hybridized carbons (Fsp3) is 0.312. The van der Waals surface area contributed by atoms with Crippen LogP contribution in [0.25, 0.3) is 0 Å². The normalized spacial score (nSPS) is 10.3. The van der Waals surface area contributed by atoms with Crippen LogP contribution in [0.3, 0.4) is 0 Å². The molecular formula is C16H19N3S. The number of nitrogens with zero attached hydrogens (tertiary/aromatic N) is 2. The summed E-state index contributed by atoms with van der Waals surface area (Å²) >= 11 is 1.76. The Labute approximate surface area is 124 Å². The van der Waals surface area contributed by atoms with Crippen molar-refractivity contribution in [2.45, 2.75) is 20.0 Å². The Bertz CT molecular complexity index is 581. The number of thiophene rings is 1. The fourth-order valence-corrected chi connectivity index (χ4v) is 2.82. The highest BCUT2D eigenvalue weighted by Crippen LogP contribution is 2.19. The number of rotatable bonds is 5. The molecule has 2 rings (SSSR count). The van der Waals surface area contributed by atoms with Crippen LogP contribution in [0.4, 0.5) is 0 Å². The van der Waals surface area contributed by atoms with Gasteiger partial charge in [0.05, 0.1) is 6.54 Å². The lowest BCUT2D eigenvalue weighted by atomic mass is 10.2. The van der Waals surface area contributed by atoms with E-state index < -0.39 is 0 Å². The molecule has 2 N–H and O–H groups in total. The van der Waals surface area contributed by atoms with Gasteiger partial charge in [0.15, 0.2) is 0 Å². The van der Waals surface area contributed by atoms with E-state index in [0.29, 0.717) is 6.54 Å². The predicted octanol–water partition coefficient (Wildman–Crippen LogP) is 2.48. The molecule has 0 saturated heterocycles. The van der Waals surface area contributed by atoms with Crippen LogP contribution >= 0.6 is 11.3 Å². The molecule has 104 valence electrons. The van der Waals surface area contributed by atoms with Crippen LogP contribution in [0.1, 0.15) is 22.9 Å². The minimum atomic E-state index is 0.407. The molecule has 0 aliphatic rings. The summed E-state index contributed by atoms with van der Waals surface area (Å²) in [5.41, 5.74) is 7.83. The molecule has 0 spiro atoms. The summed E-state index contributed by atoms with van der Waals surface area (Å²) in [7, 11) is 0. The second-order valence-corrected chi connectivity index (χ2v) is 5.42. The average Bonchev–Trinajstić information content (AvgIpc) is 2.92. The van der Waals surface area contributed by atoms with Gasteiger partial charge in [0, 0.05) is 35.9 Å². The van der Waals surface area contributed by atoms with Crippen molar-refractivity contribution in [1.82, 2.24) is 9.88 Å². The minimum absolute atomic E-state index is 0.407. The third-order valence-electron chi connectivity index (χ3n) is 3.04. The number of aromatic nitrogens is 1. The molecule has 0 radical (unpaired) electrons. The van der Waals surface area contributed by atoms with E-state index in [1.165, 1.54) is 10.4 Å². The van der Waals surface area contributed by atoms with E-state index in [2.05, 4.69) is 52.2 Å². The molecule has 4 heteroatoms. The second-order valence-electron chi connectivity index (χ2n) is 4.42. The van der Waals surface area contributed by atoms with Gasteiger partial charge in [0.1, 0.15) is 0 Å². The van der Waals surface area contributed by atoms with Gasteiger partial charge in [-0.25, -0.2) is 0 Å². The van der Waals surface area contributed by atoms with Crippen LogP contribution in [0.5, 0.6) is 0 Å². The van der Waals surface area contributed by atoms with E-state index in [-0.39, 0.29) is 0 Å². The predicted molar refractivity (Wildman–Crippen MR) is 84.3 cm³/mol. The summed E-state index contributed by atoms with van der Waals surface area (Å²) in [5, 5.41) is 2.09. The maximum Gasteiger partial charge on any atom is 0.0555 e. The molecule has 2 heterocycles. The highest BCUT2D eigenvalue weighted by atomic mass is 32.1. The van der Waals surface area contributed by atoms with Gasteiger partial charge < -0.3 is 5.73 Å². The molecule has 0 aliphatic heterocycles. The summed E-state index contributed by atoms with van der Waals surface area (Å²) in [5.74, 6) is 6.07. The van der Waals surface area contributed by atoms with Crippen molar-refractivity contribution in [2.75, 3.05) is 13.1 Å². The maximum absolute atomic E-state index is 5.44. The summed E-state index contributed by atoms with van der Waals surface area (Å²) in [6.45, 7) is 5.44. The summed E-state index contributed by atoms with van der Waals surface area (Å²) in [6, 6.07) is 6.20. The van der Waals surface area contributed by atoms with Crippen molar-refractivity contribution in [2.24, 2.45) is 5.73 Å². The molecule has 0 bridgehead atoms. The van der Waals surface area contributed by atoms with E-state index in [1.54, 1.807) is 11.3 Å². The molecule has 0 atom stereocenters. The monoisotopic (exact) mass is 285 g/mol. The average molecular weight is 285 g/mol. The molecule has 3 nitrogen and oxygen atoms in total. The molecule has 0 amide bonds. The molecule has 2 aromatic heterocycles. The summed E-state index contributed by atoms with van der Waals surface area (Å²) in [6.07, 6.45) is 3.68. The van der Waals surface area contributed by atoms with Crippen LogP contribution in [0.2, 0.25) is 0 Å².